The SMILES string of the molecule is COC(=O)C1(C)Cc2c(C)c(CCO[Si](C)(C)C(C)(C)C)c(B3Nc4cccc5cc(C)cc(c45)N3Cc3ccccc3)c(C)c2C1. The van der Waals surface area contributed by atoms with Gasteiger partial charge in [0, 0.05) is 29.9 Å². The summed E-state index contributed by atoms with van der Waals surface area (Å²) in [6, 6.07) is 22.0. The van der Waals surface area contributed by atoms with Crippen LogP contribution in [0.5, 0.6) is 0 Å². The van der Waals surface area contributed by atoms with E-state index in [4.69, 9.17) is 9.16 Å². The maximum absolute atomic E-state index is 13.1. The fourth-order valence-electron chi connectivity index (χ4n) is 7.70. The first kappa shape index (κ1) is 33.4. The number of ether oxygens (including phenoxy) is 1. The van der Waals surface area contributed by atoms with Crippen molar-refractivity contribution in [1.82, 2.24) is 0 Å². The average molecular weight is 647 g/mol. The van der Waals surface area contributed by atoms with Crippen molar-refractivity contribution >= 4 is 48.9 Å². The molecule has 2 aliphatic rings. The molecule has 4 aromatic carbocycles. The van der Waals surface area contributed by atoms with E-state index in [0.29, 0.717) is 19.4 Å². The highest BCUT2D eigenvalue weighted by Crippen LogP contribution is 2.44. The topological polar surface area (TPSA) is 50.8 Å². The van der Waals surface area contributed by atoms with E-state index >= 15 is 0 Å². The molecule has 5 nitrogen and oxygen atoms in total. The maximum Gasteiger partial charge on any atom is 0.409 e. The molecule has 0 fully saturated rings. The Kier molecular flexibility index (Phi) is 8.63. The summed E-state index contributed by atoms with van der Waals surface area (Å²) in [7, 11) is -0.435. The van der Waals surface area contributed by atoms with Crippen molar-refractivity contribution in [2.45, 2.75) is 92.4 Å². The molecule has 0 bridgehead atoms. The summed E-state index contributed by atoms with van der Waals surface area (Å²) < 4.78 is 12.2. The summed E-state index contributed by atoms with van der Waals surface area (Å²) >= 11 is 0. The number of fused-ring (bicyclic) bond motifs is 1. The first-order chi connectivity index (χ1) is 22.1. The molecular weight excluding hydrogens is 595 g/mol. The summed E-state index contributed by atoms with van der Waals surface area (Å²) in [6.07, 6.45) is 2.20. The van der Waals surface area contributed by atoms with Crippen LogP contribution < -0.4 is 15.5 Å². The fourth-order valence-corrected chi connectivity index (χ4v) is 8.75. The molecule has 1 unspecified atom stereocenters. The van der Waals surface area contributed by atoms with Crippen LogP contribution in [0.25, 0.3) is 10.8 Å². The number of aryl methyl sites for hydroxylation is 1. The Labute approximate surface area is 283 Å². The van der Waals surface area contributed by atoms with Gasteiger partial charge < -0.3 is 19.2 Å². The number of methoxy groups -OCH3 is 1. The Balaban J connectivity index is 1.54. The molecule has 0 amide bonds. The molecule has 0 saturated carbocycles. The number of hydrogen-bond donors (Lipinski definition) is 1. The zero-order chi connectivity index (χ0) is 33.9. The van der Waals surface area contributed by atoms with E-state index in [1.54, 1.807) is 0 Å². The molecule has 47 heavy (non-hydrogen) atoms. The zero-order valence-electron chi connectivity index (χ0n) is 30.1. The van der Waals surface area contributed by atoms with Crippen molar-refractivity contribution in [2.24, 2.45) is 5.41 Å². The fraction of sp³-hybridized carbons (Fsp3) is 0.425. The van der Waals surface area contributed by atoms with Crippen LogP contribution in [-0.4, -0.2) is 35.0 Å². The van der Waals surface area contributed by atoms with Crippen LogP contribution in [0.3, 0.4) is 0 Å². The van der Waals surface area contributed by atoms with E-state index in [-0.39, 0.29) is 18.0 Å². The van der Waals surface area contributed by atoms with Gasteiger partial charge in [-0.2, -0.15) is 0 Å². The second-order valence-electron chi connectivity index (χ2n) is 15.7. The second-order valence-corrected chi connectivity index (χ2v) is 20.5. The number of esters is 1. The van der Waals surface area contributed by atoms with Gasteiger partial charge in [-0.25, -0.2) is 0 Å². The largest absolute Gasteiger partial charge is 0.469 e. The molecule has 1 heterocycles. The van der Waals surface area contributed by atoms with E-state index in [2.05, 4.69) is 132 Å². The Morgan fingerprint density at radius 3 is 2.32 bits per heavy atom. The third-order valence-electron chi connectivity index (χ3n) is 11.4. The summed E-state index contributed by atoms with van der Waals surface area (Å²) in [5.74, 6) is -0.130. The molecule has 1 atom stereocenters. The minimum absolute atomic E-state index is 0.105. The van der Waals surface area contributed by atoms with Crippen LogP contribution in [-0.2, 0) is 39.8 Å². The lowest BCUT2D eigenvalue weighted by Crippen LogP contribution is -2.58. The van der Waals surface area contributed by atoms with Crippen molar-refractivity contribution < 1.29 is 14.0 Å². The normalized spacial score (nSPS) is 17.6. The van der Waals surface area contributed by atoms with Crippen molar-refractivity contribution in [3.05, 3.63) is 99.6 Å². The van der Waals surface area contributed by atoms with E-state index < -0.39 is 13.7 Å². The molecule has 4 aromatic rings. The van der Waals surface area contributed by atoms with Gasteiger partial charge in [-0.15, -0.1) is 0 Å². The molecular formula is C40H51BN2O3Si. The Bertz CT molecular complexity index is 1850. The number of benzene rings is 4. The van der Waals surface area contributed by atoms with Gasteiger partial charge in [0.2, 0.25) is 0 Å². The predicted octanol–water partition coefficient (Wildman–Crippen LogP) is 8.43. The van der Waals surface area contributed by atoms with Gasteiger partial charge in [0.05, 0.1) is 12.5 Å². The molecule has 0 saturated heterocycles. The molecule has 1 aliphatic carbocycles. The predicted molar refractivity (Wildman–Crippen MR) is 201 cm³/mol. The van der Waals surface area contributed by atoms with E-state index in [1.807, 2.05) is 0 Å². The molecule has 6 rings (SSSR count). The summed E-state index contributed by atoms with van der Waals surface area (Å²) in [4.78, 5) is 15.7. The number of carbonyl (C=O) groups is 1. The Morgan fingerprint density at radius 1 is 0.979 bits per heavy atom. The highest BCUT2D eigenvalue weighted by atomic mass is 28.4. The first-order valence-corrected chi connectivity index (χ1v) is 20.0. The number of anilines is 2. The monoisotopic (exact) mass is 646 g/mol. The minimum atomic E-state index is -1.95. The van der Waals surface area contributed by atoms with Crippen molar-refractivity contribution in [1.29, 1.82) is 0 Å². The van der Waals surface area contributed by atoms with Gasteiger partial charge in [0.25, 0.3) is 0 Å². The van der Waals surface area contributed by atoms with E-state index in [0.717, 1.165) is 18.7 Å². The van der Waals surface area contributed by atoms with Crippen LogP contribution in [0.4, 0.5) is 11.4 Å². The Morgan fingerprint density at radius 2 is 1.66 bits per heavy atom. The number of nitrogens with one attached hydrogen (secondary N) is 1. The van der Waals surface area contributed by atoms with Crippen molar-refractivity contribution in [2.75, 3.05) is 23.8 Å². The van der Waals surface area contributed by atoms with E-state index in [1.165, 1.54) is 68.0 Å². The zero-order valence-corrected chi connectivity index (χ0v) is 31.1. The van der Waals surface area contributed by atoms with Gasteiger partial charge >= 0.3 is 13.0 Å². The van der Waals surface area contributed by atoms with Gasteiger partial charge in [0.1, 0.15) is 0 Å². The summed E-state index contributed by atoms with van der Waals surface area (Å²) in [5, 5.41) is 6.71. The van der Waals surface area contributed by atoms with Crippen LogP contribution in [0.1, 0.15) is 66.6 Å². The molecule has 0 spiro atoms. The Hall–Kier alpha value is -3.55. The van der Waals surface area contributed by atoms with Gasteiger partial charge in [-0.1, -0.05) is 69.3 Å². The van der Waals surface area contributed by atoms with Gasteiger partial charge in [0.15, 0.2) is 8.32 Å². The lowest BCUT2D eigenvalue weighted by atomic mass is 9.58. The van der Waals surface area contributed by atoms with E-state index in [9.17, 15) is 4.79 Å². The lowest BCUT2D eigenvalue weighted by molar-refractivity contribution is -0.151. The maximum atomic E-state index is 13.1. The molecule has 1 N–H and O–H groups in total. The first-order valence-electron chi connectivity index (χ1n) is 17.1. The molecule has 246 valence electrons. The lowest BCUT2D eigenvalue weighted by Gasteiger charge is -2.40. The van der Waals surface area contributed by atoms with Crippen LogP contribution in [0.15, 0.2) is 60.7 Å². The smallest absolute Gasteiger partial charge is 0.409 e. The third kappa shape index (κ3) is 5.91. The second kappa shape index (κ2) is 12.2. The quantitative estimate of drug-likeness (QED) is 0.154. The third-order valence-corrected chi connectivity index (χ3v) is 15.9. The minimum Gasteiger partial charge on any atom is -0.469 e. The highest BCUT2D eigenvalue weighted by Gasteiger charge is 2.45. The standard InChI is InChI=1S/C40H51BN2O3Si/c1-26-21-30-17-14-18-34-36(30)35(22-26)43(25-29-15-12-11-13-16-29)41(42-34)37-28(3)33-24-40(7,38(44)45-8)23-32(33)27(2)31(37)19-20-46-47(9,10)39(4,5)6/h11-18,21-22,42H,19-20,23-25H2,1-10H3. The molecule has 0 radical (unpaired) electrons. The van der Waals surface area contributed by atoms with Crippen LogP contribution in [0.2, 0.25) is 18.1 Å². The van der Waals surface area contributed by atoms with Crippen LogP contribution >= 0.6 is 0 Å². The van der Waals surface area contributed by atoms with Crippen LogP contribution in [0, 0.1) is 26.2 Å². The number of carbonyl (C=O) groups excluding carboxylic acids is 1. The molecule has 7 heteroatoms. The number of rotatable bonds is 8. The molecule has 1 aliphatic heterocycles. The highest BCUT2D eigenvalue weighted by molar-refractivity contribution is 6.81. The molecule has 0 aromatic heterocycles. The summed E-state index contributed by atoms with van der Waals surface area (Å²) in [5.41, 5.74) is 12.2. The van der Waals surface area contributed by atoms with Crippen molar-refractivity contribution in [3.63, 3.8) is 0 Å². The van der Waals surface area contributed by atoms with Crippen molar-refractivity contribution in [3.8, 4) is 0 Å². The average Bonchev–Trinajstić information content (AvgIpc) is 3.39. The summed E-state index contributed by atoms with van der Waals surface area (Å²) in [6.45, 7) is 21.7. The number of nitrogens with zero attached hydrogens (tertiary/aromatic N) is 1. The van der Waals surface area contributed by atoms with Gasteiger partial charge in [-0.05, 0) is 127 Å². The van der Waals surface area contributed by atoms with Gasteiger partial charge in [-0.3, -0.25) is 4.79 Å². The number of hydrogen-bond acceptors (Lipinski definition) is 5.